The first-order valence-electron chi connectivity index (χ1n) is 5.02. The van der Waals surface area contributed by atoms with Gasteiger partial charge in [0.25, 0.3) is 0 Å². The van der Waals surface area contributed by atoms with Crippen molar-refractivity contribution < 1.29 is 9.13 Å². The van der Waals surface area contributed by atoms with E-state index in [1.54, 1.807) is 6.07 Å². The summed E-state index contributed by atoms with van der Waals surface area (Å²) in [6.45, 7) is 2.33. The van der Waals surface area contributed by atoms with Gasteiger partial charge in [0.15, 0.2) is 0 Å². The van der Waals surface area contributed by atoms with E-state index in [4.69, 9.17) is 16.3 Å². The molecule has 0 spiro atoms. The highest BCUT2D eigenvalue weighted by Gasteiger charge is 2.01. The minimum absolute atomic E-state index is 0.205. The SMILES string of the molecule is Fc1cc(Br)ccc1CNCCOCCCl. The molecular weight excluding hydrogens is 296 g/mol. The molecular formula is C11H14BrClFNO. The molecule has 0 atom stereocenters. The second kappa shape index (κ2) is 8.01. The Kier molecular flexibility index (Phi) is 6.96. The maximum Gasteiger partial charge on any atom is 0.128 e. The van der Waals surface area contributed by atoms with E-state index < -0.39 is 0 Å². The first kappa shape index (κ1) is 13.9. The molecule has 0 aliphatic carbocycles. The lowest BCUT2D eigenvalue weighted by Gasteiger charge is -2.06. The number of ether oxygens (including phenoxy) is 1. The van der Waals surface area contributed by atoms with Crippen molar-refractivity contribution in [3.05, 3.63) is 34.1 Å². The monoisotopic (exact) mass is 309 g/mol. The third kappa shape index (κ3) is 5.25. The van der Waals surface area contributed by atoms with E-state index in [-0.39, 0.29) is 5.82 Å². The Bertz CT molecular complexity index is 325. The lowest BCUT2D eigenvalue weighted by Crippen LogP contribution is -2.20. The van der Waals surface area contributed by atoms with Crippen LogP contribution < -0.4 is 5.32 Å². The average molecular weight is 311 g/mol. The van der Waals surface area contributed by atoms with Crippen LogP contribution in [0.2, 0.25) is 0 Å². The maximum atomic E-state index is 13.4. The molecule has 0 unspecified atom stereocenters. The molecule has 1 rings (SSSR count). The van der Waals surface area contributed by atoms with Crippen molar-refractivity contribution in [2.24, 2.45) is 0 Å². The predicted octanol–water partition coefficient (Wildman–Crippen LogP) is 2.93. The zero-order valence-electron chi connectivity index (χ0n) is 8.81. The highest BCUT2D eigenvalue weighted by molar-refractivity contribution is 9.10. The second-order valence-corrected chi connectivity index (χ2v) is 4.51. The van der Waals surface area contributed by atoms with Gasteiger partial charge in [-0.1, -0.05) is 22.0 Å². The van der Waals surface area contributed by atoms with Gasteiger partial charge in [0.2, 0.25) is 0 Å². The normalized spacial score (nSPS) is 10.7. The quantitative estimate of drug-likeness (QED) is 0.617. The van der Waals surface area contributed by atoms with Crippen molar-refractivity contribution in [1.82, 2.24) is 5.32 Å². The fourth-order valence-electron chi connectivity index (χ4n) is 1.19. The van der Waals surface area contributed by atoms with Crippen LogP contribution in [0.5, 0.6) is 0 Å². The van der Waals surface area contributed by atoms with Crippen molar-refractivity contribution in [2.45, 2.75) is 6.54 Å². The van der Waals surface area contributed by atoms with Crippen molar-refractivity contribution >= 4 is 27.5 Å². The summed E-state index contributed by atoms with van der Waals surface area (Å²) in [5.41, 5.74) is 0.653. The number of benzene rings is 1. The molecule has 0 fully saturated rings. The molecule has 0 aliphatic heterocycles. The number of nitrogens with one attached hydrogen (secondary N) is 1. The summed E-state index contributed by atoms with van der Waals surface area (Å²) < 4.78 is 19.3. The Morgan fingerprint density at radius 2 is 2.19 bits per heavy atom. The van der Waals surface area contributed by atoms with Crippen molar-refractivity contribution in [2.75, 3.05) is 25.6 Å². The summed E-state index contributed by atoms with van der Waals surface area (Å²) in [5, 5.41) is 3.10. The molecule has 0 amide bonds. The number of hydrogen-bond acceptors (Lipinski definition) is 2. The van der Waals surface area contributed by atoms with Crippen LogP contribution in [0.25, 0.3) is 0 Å². The topological polar surface area (TPSA) is 21.3 Å². The van der Waals surface area contributed by atoms with Crippen LogP contribution in [-0.4, -0.2) is 25.6 Å². The summed E-state index contributed by atoms with van der Waals surface area (Å²) >= 11 is 8.66. The molecule has 1 N–H and O–H groups in total. The highest BCUT2D eigenvalue weighted by atomic mass is 79.9. The molecule has 1 aromatic rings. The third-order valence-corrected chi connectivity index (χ3v) is 2.62. The van der Waals surface area contributed by atoms with E-state index in [1.165, 1.54) is 6.07 Å². The fourth-order valence-corrected chi connectivity index (χ4v) is 1.63. The molecule has 2 nitrogen and oxygen atoms in total. The van der Waals surface area contributed by atoms with Crippen molar-refractivity contribution in [3.63, 3.8) is 0 Å². The van der Waals surface area contributed by atoms with E-state index in [1.807, 2.05) is 6.07 Å². The Morgan fingerprint density at radius 3 is 2.88 bits per heavy atom. The van der Waals surface area contributed by atoms with Crippen LogP contribution in [0.3, 0.4) is 0 Å². The van der Waals surface area contributed by atoms with Gasteiger partial charge < -0.3 is 10.1 Å². The van der Waals surface area contributed by atoms with Gasteiger partial charge in [-0.3, -0.25) is 0 Å². The zero-order valence-corrected chi connectivity index (χ0v) is 11.2. The average Bonchev–Trinajstić information content (AvgIpc) is 2.26. The van der Waals surface area contributed by atoms with Gasteiger partial charge in [-0.25, -0.2) is 4.39 Å². The van der Waals surface area contributed by atoms with Crippen LogP contribution in [0.4, 0.5) is 4.39 Å². The van der Waals surface area contributed by atoms with Gasteiger partial charge in [-0.2, -0.15) is 0 Å². The molecule has 0 saturated carbocycles. The Morgan fingerprint density at radius 1 is 1.38 bits per heavy atom. The molecule has 0 bridgehead atoms. The van der Waals surface area contributed by atoms with Crippen LogP contribution in [0.15, 0.2) is 22.7 Å². The van der Waals surface area contributed by atoms with Gasteiger partial charge >= 0.3 is 0 Å². The smallest absolute Gasteiger partial charge is 0.128 e. The number of alkyl halides is 1. The Hall–Kier alpha value is -0.160. The summed E-state index contributed by atoms with van der Waals surface area (Å²) in [4.78, 5) is 0. The summed E-state index contributed by atoms with van der Waals surface area (Å²) in [7, 11) is 0. The van der Waals surface area contributed by atoms with E-state index in [2.05, 4.69) is 21.2 Å². The molecule has 1 aromatic carbocycles. The summed E-state index contributed by atoms with van der Waals surface area (Å²) in [6.07, 6.45) is 0. The molecule has 0 aromatic heterocycles. The summed E-state index contributed by atoms with van der Waals surface area (Å²) in [5.74, 6) is 0.296. The van der Waals surface area contributed by atoms with Crippen LogP contribution in [-0.2, 0) is 11.3 Å². The molecule has 0 aliphatic rings. The van der Waals surface area contributed by atoms with E-state index in [0.29, 0.717) is 37.7 Å². The molecule has 16 heavy (non-hydrogen) atoms. The Labute approximate surface area is 108 Å². The van der Waals surface area contributed by atoms with Crippen molar-refractivity contribution in [1.29, 1.82) is 0 Å². The fraction of sp³-hybridized carbons (Fsp3) is 0.455. The number of rotatable bonds is 7. The van der Waals surface area contributed by atoms with Gasteiger partial charge in [0, 0.05) is 29.0 Å². The lowest BCUT2D eigenvalue weighted by molar-refractivity contribution is 0.150. The first-order chi connectivity index (χ1) is 7.74. The summed E-state index contributed by atoms with van der Waals surface area (Å²) in [6, 6.07) is 5.04. The molecule has 0 saturated heterocycles. The third-order valence-electron chi connectivity index (χ3n) is 1.98. The molecule has 5 heteroatoms. The van der Waals surface area contributed by atoms with Crippen LogP contribution in [0.1, 0.15) is 5.56 Å². The van der Waals surface area contributed by atoms with Gasteiger partial charge in [-0.05, 0) is 12.1 Å². The highest BCUT2D eigenvalue weighted by Crippen LogP contribution is 2.14. The first-order valence-corrected chi connectivity index (χ1v) is 6.35. The van der Waals surface area contributed by atoms with E-state index >= 15 is 0 Å². The van der Waals surface area contributed by atoms with Crippen molar-refractivity contribution in [3.8, 4) is 0 Å². The van der Waals surface area contributed by atoms with Gasteiger partial charge in [-0.15, -0.1) is 11.6 Å². The predicted molar refractivity (Wildman–Crippen MR) is 67.3 cm³/mol. The van der Waals surface area contributed by atoms with E-state index in [9.17, 15) is 4.39 Å². The number of hydrogen-bond donors (Lipinski definition) is 1. The number of halogens is 3. The van der Waals surface area contributed by atoms with Crippen LogP contribution >= 0.6 is 27.5 Å². The molecule has 90 valence electrons. The lowest BCUT2D eigenvalue weighted by atomic mass is 10.2. The zero-order chi connectivity index (χ0) is 11.8. The van der Waals surface area contributed by atoms with Crippen LogP contribution in [0, 0.1) is 5.82 Å². The molecule has 0 heterocycles. The maximum absolute atomic E-state index is 13.4. The van der Waals surface area contributed by atoms with E-state index in [0.717, 1.165) is 4.47 Å². The Balaban J connectivity index is 2.21. The largest absolute Gasteiger partial charge is 0.379 e. The standard InChI is InChI=1S/C11H14BrClFNO/c12-10-2-1-9(11(14)7-10)8-15-4-6-16-5-3-13/h1-2,7,15H,3-6,8H2. The second-order valence-electron chi connectivity index (χ2n) is 3.21. The molecule has 0 radical (unpaired) electrons. The minimum atomic E-state index is -0.205. The van der Waals surface area contributed by atoms with Gasteiger partial charge in [0.1, 0.15) is 5.82 Å². The van der Waals surface area contributed by atoms with Gasteiger partial charge in [0.05, 0.1) is 13.2 Å². The minimum Gasteiger partial charge on any atom is -0.379 e.